The number of aromatic nitrogens is 1. The van der Waals surface area contributed by atoms with Crippen LogP contribution in [0.3, 0.4) is 0 Å². The summed E-state index contributed by atoms with van der Waals surface area (Å²) in [5.74, 6) is -0.165. The van der Waals surface area contributed by atoms with E-state index in [4.69, 9.17) is 4.74 Å². The summed E-state index contributed by atoms with van der Waals surface area (Å²) in [6, 6.07) is 1.54. The van der Waals surface area contributed by atoms with Gasteiger partial charge < -0.3 is 19.5 Å². The zero-order valence-corrected chi connectivity index (χ0v) is 11.9. The largest absolute Gasteiger partial charge is 0.375 e. The summed E-state index contributed by atoms with van der Waals surface area (Å²) in [4.78, 5) is 25.2. The van der Waals surface area contributed by atoms with E-state index in [9.17, 15) is 9.59 Å². The molecule has 0 radical (unpaired) electrons. The van der Waals surface area contributed by atoms with E-state index >= 15 is 0 Å². The third-order valence-corrected chi connectivity index (χ3v) is 2.69. The van der Waals surface area contributed by atoms with Gasteiger partial charge in [0, 0.05) is 19.7 Å². The first-order valence-electron chi connectivity index (χ1n) is 6.64. The van der Waals surface area contributed by atoms with E-state index in [0.717, 1.165) is 19.3 Å². The Kier molecular flexibility index (Phi) is 7.34. The molecule has 0 aromatic carbocycles. The molecule has 0 atom stereocenters. The van der Waals surface area contributed by atoms with Gasteiger partial charge >= 0.3 is 0 Å². The molecule has 0 aliphatic carbocycles. The zero-order valence-electron chi connectivity index (χ0n) is 11.9. The van der Waals surface area contributed by atoms with E-state index < -0.39 is 0 Å². The number of methoxy groups -OCH3 is 1. The molecule has 0 saturated carbocycles. The molecule has 1 heterocycles. The molecule has 112 valence electrons. The number of rotatable bonds is 9. The van der Waals surface area contributed by atoms with Crippen molar-refractivity contribution in [2.45, 2.75) is 26.2 Å². The van der Waals surface area contributed by atoms with Gasteiger partial charge in [0.25, 0.3) is 0 Å². The van der Waals surface area contributed by atoms with Crippen molar-refractivity contribution in [1.29, 1.82) is 0 Å². The van der Waals surface area contributed by atoms with Gasteiger partial charge in [0.1, 0.15) is 12.9 Å². The molecule has 20 heavy (non-hydrogen) atoms. The summed E-state index contributed by atoms with van der Waals surface area (Å²) in [6.07, 6.45) is 4.30. The zero-order chi connectivity index (χ0) is 14.8. The van der Waals surface area contributed by atoms with Crippen molar-refractivity contribution in [1.82, 2.24) is 10.1 Å². The van der Waals surface area contributed by atoms with E-state index in [1.165, 1.54) is 24.3 Å². The van der Waals surface area contributed by atoms with Crippen LogP contribution >= 0.6 is 0 Å². The number of nitrogens with one attached hydrogen (secondary N) is 1. The molecule has 1 aromatic rings. The number of ether oxygens (including phenoxy) is 1. The highest BCUT2D eigenvalue weighted by atomic mass is 16.5. The lowest BCUT2D eigenvalue weighted by molar-refractivity contribution is -0.138. The van der Waals surface area contributed by atoms with Crippen molar-refractivity contribution in [2.24, 2.45) is 0 Å². The van der Waals surface area contributed by atoms with Crippen molar-refractivity contribution in [3.63, 3.8) is 0 Å². The molecular weight excluding hydrogens is 262 g/mol. The van der Waals surface area contributed by atoms with Crippen molar-refractivity contribution < 1.29 is 18.8 Å². The van der Waals surface area contributed by atoms with Crippen LogP contribution in [0.15, 0.2) is 16.9 Å². The monoisotopic (exact) mass is 283 g/mol. The normalized spacial score (nSPS) is 10.3. The maximum absolute atomic E-state index is 11.9. The highest BCUT2D eigenvalue weighted by Gasteiger charge is 2.17. The van der Waals surface area contributed by atoms with Gasteiger partial charge in [0.15, 0.2) is 5.82 Å². The number of carbonyl (C=O) groups is 2. The van der Waals surface area contributed by atoms with Crippen molar-refractivity contribution in [2.75, 3.05) is 32.1 Å². The fourth-order valence-electron chi connectivity index (χ4n) is 1.69. The molecule has 0 aliphatic heterocycles. The van der Waals surface area contributed by atoms with Crippen molar-refractivity contribution in [3.8, 4) is 0 Å². The Labute approximate surface area is 118 Å². The van der Waals surface area contributed by atoms with Gasteiger partial charge in [0.05, 0.1) is 6.54 Å². The summed E-state index contributed by atoms with van der Waals surface area (Å²) in [6.45, 7) is 2.59. The number of nitrogens with zero attached hydrogens (tertiary/aromatic N) is 2. The van der Waals surface area contributed by atoms with Gasteiger partial charge in [0.2, 0.25) is 11.8 Å². The second-order valence-corrected chi connectivity index (χ2v) is 4.39. The predicted octanol–water partition coefficient (Wildman–Crippen LogP) is 1.28. The van der Waals surface area contributed by atoms with Crippen LogP contribution in [0, 0.1) is 0 Å². The van der Waals surface area contributed by atoms with Crippen LogP contribution < -0.4 is 5.32 Å². The Morgan fingerprint density at radius 2 is 2.25 bits per heavy atom. The maximum atomic E-state index is 11.9. The van der Waals surface area contributed by atoms with Gasteiger partial charge in [-0.3, -0.25) is 9.59 Å². The lowest BCUT2D eigenvalue weighted by atomic mass is 10.2. The maximum Gasteiger partial charge on any atom is 0.249 e. The summed E-state index contributed by atoms with van der Waals surface area (Å²) in [7, 11) is 1.46. The van der Waals surface area contributed by atoms with E-state index in [0.29, 0.717) is 12.4 Å². The topological polar surface area (TPSA) is 84.7 Å². The molecule has 1 N–H and O–H groups in total. The standard InChI is InChI=1S/C13H21N3O4/c1-3-4-5-7-16(13(18)10-19-2)9-12(17)14-11-6-8-20-15-11/h6,8H,3-5,7,9-10H2,1-2H3,(H,14,15,17). The van der Waals surface area contributed by atoms with Crippen LogP contribution in [0.2, 0.25) is 0 Å². The minimum atomic E-state index is -0.306. The Hall–Kier alpha value is -1.89. The number of hydrogen-bond acceptors (Lipinski definition) is 5. The highest BCUT2D eigenvalue weighted by molar-refractivity contribution is 5.93. The molecule has 0 fully saturated rings. The van der Waals surface area contributed by atoms with Gasteiger partial charge in [-0.15, -0.1) is 0 Å². The molecule has 0 aliphatic rings. The van der Waals surface area contributed by atoms with Gasteiger partial charge in [-0.25, -0.2) is 0 Å². The molecular formula is C13H21N3O4. The van der Waals surface area contributed by atoms with E-state index in [1.807, 2.05) is 0 Å². The summed E-state index contributed by atoms with van der Waals surface area (Å²) >= 11 is 0. The van der Waals surface area contributed by atoms with Crippen LogP contribution in [-0.4, -0.2) is 48.7 Å². The molecule has 7 nitrogen and oxygen atoms in total. The SMILES string of the molecule is CCCCCN(CC(=O)Nc1ccon1)C(=O)COC. The van der Waals surface area contributed by atoms with Crippen LogP contribution in [0.25, 0.3) is 0 Å². The third-order valence-electron chi connectivity index (χ3n) is 2.69. The highest BCUT2D eigenvalue weighted by Crippen LogP contribution is 2.03. The van der Waals surface area contributed by atoms with Crippen LogP contribution in [0.4, 0.5) is 5.82 Å². The first-order chi connectivity index (χ1) is 9.67. The quantitative estimate of drug-likeness (QED) is 0.690. The molecule has 0 unspecified atom stereocenters. The number of amides is 2. The van der Waals surface area contributed by atoms with Gasteiger partial charge in [-0.2, -0.15) is 0 Å². The molecule has 0 spiro atoms. The molecule has 1 rings (SSSR count). The Balaban J connectivity index is 2.49. The summed E-state index contributed by atoms with van der Waals surface area (Å²) in [5, 5.41) is 6.15. The predicted molar refractivity (Wildman–Crippen MR) is 73.1 cm³/mol. The lowest BCUT2D eigenvalue weighted by Gasteiger charge is -2.21. The van der Waals surface area contributed by atoms with E-state index in [2.05, 4.69) is 21.9 Å². The summed E-state index contributed by atoms with van der Waals surface area (Å²) < 4.78 is 9.45. The van der Waals surface area contributed by atoms with Gasteiger partial charge in [-0.1, -0.05) is 24.9 Å². The first-order valence-corrected chi connectivity index (χ1v) is 6.64. The number of unbranched alkanes of at least 4 members (excludes halogenated alkanes) is 2. The average molecular weight is 283 g/mol. The van der Waals surface area contributed by atoms with Crippen LogP contribution in [0.1, 0.15) is 26.2 Å². The average Bonchev–Trinajstić information content (AvgIpc) is 2.90. The van der Waals surface area contributed by atoms with Crippen LogP contribution in [0.5, 0.6) is 0 Å². The smallest absolute Gasteiger partial charge is 0.249 e. The molecule has 0 bridgehead atoms. The number of anilines is 1. The molecule has 1 aromatic heterocycles. The number of carbonyl (C=O) groups excluding carboxylic acids is 2. The first kappa shape index (κ1) is 16.2. The minimum absolute atomic E-state index is 0.0151. The van der Waals surface area contributed by atoms with Crippen molar-refractivity contribution in [3.05, 3.63) is 12.3 Å². The molecule has 0 saturated heterocycles. The van der Waals surface area contributed by atoms with Gasteiger partial charge in [-0.05, 0) is 6.42 Å². The lowest BCUT2D eigenvalue weighted by Crippen LogP contribution is -2.40. The second kappa shape index (κ2) is 9.08. The van der Waals surface area contributed by atoms with E-state index in [-0.39, 0.29) is 25.0 Å². The number of hydrogen-bond donors (Lipinski definition) is 1. The van der Waals surface area contributed by atoms with Crippen LogP contribution in [-0.2, 0) is 14.3 Å². The molecule has 2 amide bonds. The molecule has 7 heteroatoms. The van der Waals surface area contributed by atoms with Crippen molar-refractivity contribution >= 4 is 17.6 Å². The Morgan fingerprint density at radius 1 is 1.45 bits per heavy atom. The fourth-order valence-corrected chi connectivity index (χ4v) is 1.69. The third kappa shape index (κ3) is 5.83. The fraction of sp³-hybridized carbons (Fsp3) is 0.615. The minimum Gasteiger partial charge on any atom is -0.375 e. The Bertz CT molecular complexity index is 406. The van der Waals surface area contributed by atoms with E-state index in [1.54, 1.807) is 0 Å². The second-order valence-electron chi connectivity index (χ2n) is 4.39. The summed E-state index contributed by atoms with van der Waals surface area (Å²) in [5.41, 5.74) is 0. The Morgan fingerprint density at radius 3 is 2.85 bits per heavy atom.